The third-order valence-corrected chi connectivity index (χ3v) is 3.69. The number of hydrogen-bond donors (Lipinski definition) is 2. The highest BCUT2D eigenvalue weighted by atomic mass is 16.5. The van der Waals surface area contributed by atoms with Crippen LogP contribution in [-0.4, -0.2) is 51.9 Å². The van der Waals surface area contributed by atoms with Crippen LogP contribution in [0, 0.1) is 0 Å². The van der Waals surface area contributed by atoms with Crippen LogP contribution in [-0.2, 0) is 11.3 Å². The number of H-pyrrole nitrogens is 1. The minimum Gasteiger partial charge on any atom is -0.389 e. The van der Waals surface area contributed by atoms with Crippen molar-refractivity contribution in [3.63, 3.8) is 0 Å². The van der Waals surface area contributed by atoms with Crippen molar-refractivity contribution in [2.24, 2.45) is 0 Å². The van der Waals surface area contributed by atoms with Crippen molar-refractivity contribution in [3.8, 4) is 0 Å². The lowest BCUT2D eigenvalue weighted by atomic mass is 10.2. The van der Waals surface area contributed by atoms with Gasteiger partial charge in [-0.1, -0.05) is 19.1 Å². The predicted octanol–water partition coefficient (Wildman–Crippen LogP) is 1.14. The van der Waals surface area contributed by atoms with Gasteiger partial charge in [0.1, 0.15) is 5.82 Å². The van der Waals surface area contributed by atoms with Crippen LogP contribution in [0.15, 0.2) is 24.3 Å². The second-order valence-electron chi connectivity index (χ2n) is 4.94. The van der Waals surface area contributed by atoms with E-state index in [0.717, 1.165) is 23.4 Å². The standard InChI is InChI=1S/C14H19N3O2/c1-2-17(12-8-19-9-13(12)18)7-14-15-10-5-3-4-6-11(10)16-14/h3-6,12-13,18H,2,7-9H2,1H3,(H,15,16)/t12-,13-/m0/s1. The summed E-state index contributed by atoms with van der Waals surface area (Å²) < 4.78 is 5.33. The number of aliphatic hydroxyl groups is 1. The molecule has 2 atom stereocenters. The molecule has 0 unspecified atom stereocenters. The van der Waals surface area contributed by atoms with Gasteiger partial charge in [0.15, 0.2) is 0 Å². The summed E-state index contributed by atoms with van der Waals surface area (Å²) in [6, 6.07) is 8.07. The second-order valence-corrected chi connectivity index (χ2v) is 4.94. The molecule has 1 aromatic carbocycles. The lowest BCUT2D eigenvalue weighted by Crippen LogP contribution is -2.42. The van der Waals surface area contributed by atoms with Gasteiger partial charge >= 0.3 is 0 Å². The molecule has 0 bridgehead atoms. The van der Waals surface area contributed by atoms with Gasteiger partial charge in [-0.2, -0.15) is 0 Å². The van der Waals surface area contributed by atoms with Crippen LogP contribution in [0.2, 0.25) is 0 Å². The van der Waals surface area contributed by atoms with Gasteiger partial charge < -0.3 is 14.8 Å². The van der Waals surface area contributed by atoms with Gasteiger partial charge in [0.2, 0.25) is 0 Å². The molecule has 102 valence electrons. The number of ether oxygens (including phenoxy) is 1. The van der Waals surface area contributed by atoms with E-state index in [1.54, 1.807) is 0 Å². The summed E-state index contributed by atoms with van der Waals surface area (Å²) in [5.41, 5.74) is 2.04. The van der Waals surface area contributed by atoms with Crippen molar-refractivity contribution in [1.29, 1.82) is 0 Å². The fourth-order valence-corrected chi connectivity index (χ4v) is 2.62. The Morgan fingerprint density at radius 2 is 2.26 bits per heavy atom. The number of aliphatic hydroxyl groups excluding tert-OH is 1. The van der Waals surface area contributed by atoms with Gasteiger partial charge in [-0.25, -0.2) is 4.98 Å². The highest BCUT2D eigenvalue weighted by Crippen LogP contribution is 2.17. The highest BCUT2D eigenvalue weighted by molar-refractivity contribution is 5.74. The SMILES string of the molecule is CCN(Cc1nc2ccccc2[nH]1)[C@H]1COC[C@@H]1O. The zero-order chi connectivity index (χ0) is 13.2. The number of nitrogens with one attached hydrogen (secondary N) is 1. The smallest absolute Gasteiger partial charge is 0.121 e. The first-order valence-corrected chi connectivity index (χ1v) is 6.71. The number of rotatable bonds is 4. The Balaban J connectivity index is 1.78. The zero-order valence-electron chi connectivity index (χ0n) is 11.0. The number of hydrogen-bond acceptors (Lipinski definition) is 4. The van der Waals surface area contributed by atoms with E-state index in [1.165, 1.54) is 0 Å². The summed E-state index contributed by atoms with van der Waals surface area (Å²) in [6.07, 6.45) is -0.399. The van der Waals surface area contributed by atoms with E-state index in [2.05, 4.69) is 21.8 Å². The average molecular weight is 261 g/mol. The molecule has 2 aromatic rings. The molecule has 1 fully saturated rings. The normalized spacial score (nSPS) is 23.5. The summed E-state index contributed by atoms with van der Waals surface area (Å²) >= 11 is 0. The van der Waals surface area contributed by atoms with Gasteiger partial charge in [0.05, 0.1) is 42.9 Å². The number of benzene rings is 1. The van der Waals surface area contributed by atoms with Crippen LogP contribution >= 0.6 is 0 Å². The number of aromatic amines is 1. The first kappa shape index (κ1) is 12.6. The molecule has 5 nitrogen and oxygen atoms in total. The summed E-state index contributed by atoms with van der Waals surface area (Å²) in [4.78, 5) is 10.1. The Morgan fingerprint density at radius 3 is 2.95 bits per heavy atom. The Bertz CT molecular complexity index is 521. The van der Waals surface area contributed by atoms with Crippen LogP contribution in [0.3, 0.4) is 0 Å². The molecule has 1 aromatic heterocycles. The quantitative estimate of drug-likeness (QED) is 0.866. The van der Waals surface area contributed by atoms with Crippen molar-refractivity contribution in [2.75, 3.05) is 19.8 Å². The number of likely N-dealkylation sites (N-methyl/N-ethyl adjacent to an activating group) is 1. The molecule has 2 heterocycles. The maximum Gasteiger partial charge on any atom is 0.121 e. The molecule has 0 saturated carbocycles. The van der Waals surface area contributed by atoms with E-state index in [4.69, 9.17) is 4.74 Å². The van der Waals surface area contributed by atoms with Crippen LogP contribution in [0.1, 0.15) is 12.7 Å². The molecule has 1 aliphatic rings. The van der Waals surface area contributed by atoms with E-state index in [-0.39, 0.29) is 6.04 Å². The molecule has 0 spiro atoms. The lowest BCUT2D eigenvalue weighted by Gasteiger charge is -2.27. The number of aromatic nitrogens is 2. The van der Waals surface area contributed by atoms with E-state index in [0.29, 0.717) is 19.8 Å². The first-order valence-electron chi connectivity index (χ1n) is 6.71. The van der Waals surface area contributed by atoms with E-state index in [9.17, 15) is 5.11 Å². The van der Waals surface area contributed by atoms with Crippen molar-refractivity contribution < 1.29 is 9.84 Å². The fourth-order valence-electron chi connectivity index (χ4n) is 2.62. The molecule has 1 saturated heterocycles. The van der Waals surface area contributed by atoms with Crippen LogP contribution in [0.4, 0.5) is 0 Å². The third kappa shape index (κ3) is 2.49. The topological polar surface area (TPSA) is 61.4 Å². The van der Waals surface area contributed by atoms with E-state index < -0.39 is 6.10 Å². The monoisotopic (exact) mass is 261 g/mol. The maximum absolute atomic E-state index is 9.91. The Kier molecular flexibility index (Phi) is 3.50. The summed E-state index contributed by atoms with van der Waals surface area (Å²) in [5.74, 6) is 0.933. The van der Waals surface area contributed by atoms with Crippen LogP contribution < -0.4 is 0 Å². The molecule has 0 aliphatic carbocycles. The van der Waals surface area contributed by atoms with E-state index in [1.807, 2.05) is 24.3 Å². The molecular weight excluding hydrogens is 242 g/mol. The zero-order valence-corrected chi connectivity index (χ0v) is 11.0. The highest BCUT2D eigenvalue weighted by Gasteiger charge is 2.31. The Hall–Kier alpha value is -1.43. The van der Waals surface area contributed by atoms with Gasteiger partial charge in [-0.15, -0.1) is 0 Å². The summed E-state index contributed by atoms with van der Waals surface area (Å²) in [7, 11) is 0. The lowest BCUT2D eigenvalue weighted by molar-refractivity contribution is 0.0795. The largest absolute Gasteiger partial charge is 0.389 e. The minimum absolute atomic E-state index is 0.0678. The second kappa shape index (κ2) is 5.28. The summed E-state index contributed by atoms with van der Waals surface area (Å²) in [5, 5.41) is 9.91. The van der Waals surface area contributed by atoms with Crippen LogP contribution in [0.25, 0.3) is 11.0 Å². The predicted molar refractivity (Wildman–Crippen MR) is 72.8 cm³/mol. The maximum atomic E-state index is 9.91. The first-order chi connectivity index (χ1) is 9.28. The molecule has 1 aliphatic heterocycles. The van der Waals surface area contributed by atoms with Gasteiger partial charge in [-0.3, -0.25) is 4.90 Å². The van der Waals surface area contributed by atoms with Crippen molar-refractivity contribution in [1.82, 2.24) is 14.9 Å². The number of para-hydroxylation sites is 2. The van der Waals surface area contributed by atoms with Crippen molar-refractivity contribution >= 4 is 11.0 Å². The number of fused-ring (bicyclic) bond motifs is 1. The van der Waals surface area contributed by atoms with Gasteiger partial charge in [0.25, 0.3) is 0 Å². The molecule has 3 rings (SSSR count). The Labute approximate surface area is 112 Å². The minimum atomic E-state index is -0.399. The van der Waals surface area contributed by atoms with Gasteiger partial charge in [0, 0.05) is 0 Å². The van der Waals surface area contributed by atoms with Crippen molar-refractivity contribution in [3.05, 3.63) is 30.1 Å². The molecule has 0 amide bonds. The fraction of sp³-hybridized carbons (Fsp3) is 0.500. The molecular formula is C14H19N3O2. The molecule has 19 heavy (non-hydrogen) atoms. The van der Waals surface area contributed by atoms with Gasteiger partial charge in [-0.05, 0) is 18.7 Å². The molecule has 0 radical (unpaired) electrons. The number of imidazole rings is 1. The molecule has 5 heteroatoms. The Morgan fingerprint density at radius 1 is 1.42 bits per heavy atom. The summed E-state index contributed by atoms with van der Waals surface area (Å²) in [6.45, 7) is 4.68. The van der Waals surface area contributed by atoms with E-state index >= 15 is 0 Å². The van der Waals surface area contributed by atoms with Crippen LogP contribution in [0.5, 0.6) is 0 Å². The number of nitrogens with zero attached hydrogens (tertiary/aromatic N) is 2. The molecule has 2 N–H and O–H groups in total. The average Bonchev–Trinajstić information content (AvgIpc) is 3.01. The third-order valence-electron chi connectivity index (χ3n) is 3.69. The van der Waals surface area contributed by atoms with Crippen molar-refractivity contribution in [2.45, 2.75) is 25.6 Å².